The Morgan fingerprint density at radius 2 is 2.16 bits per heavy atom. The van der Waals surface area contributed by atoms with Gasteiger partial charge in [-0.25, -0.2) is 4.79 Å². The van der Waals surface area contributed by atoms with Gasteiger partial charge < -0.3 is 14.7 Å². The molecule has 0 aliphatic rings. The summed E-state index contributed by atoms with van der Waals surface area (Å²) in [5.41, 5.74) is -0.409. The predicted octanol–water partition coefficient (Wildman–Crippen LogP) is 0.751. The normalized spacial score (nSPS) is 10.8. The second-order valence-corrected chi connectivity index (χ2v) is 4.93. The molecule has 0 saturated carbocycles. The van der Waals surface area contributed by atoms with Crippen molar-refractivity contribution < 1.29 is 9.90 Å². The van der Waals surface area contributed by atoms with Crippen LogP contribution in [0.2, 0.25) is 0 Å². The Bertz CT molecular complexity index is 747. The number of aromatic carboxylic acids is 1. The average Bonchev–Trinajstić information content (AvgIpc) is 2.38. The van der Waals surface area contributed by atoms with Gasteiger partial charge in [0.25, 0.3) is 0 Å². The highest BCUT2D eigenvalue weighted by Gasteiger charge is 2.10. The van der Waals surface area contributed by atoms with E-state index >= 15 is 0 Å². The molecule has 6 nitrogen and oxygen atoms in total. The fourth-order valence-corrected chi connectivity index (χ4v) is 2.18. The summed E-state index contributed by atoms with van der Waals surface area (Å²) in [5, 5.41) is 8.92. The van der Waals surface area contributed by atoms with Crippen molar-refractivity contribution in [2.24, 2.45) is 0 Å². The summed E-state index contributed by atoms with van der Waals surface area (Å²) >= 11 is 1.56. The summed E-state index contributed by atoms with van der Waals surface area (Å²) in [6.07, 6.45) is 1.91. The Hall–Kier alpha value is -2.02. The molecule has 0 amide bonds. The zero-order valence-electron chi connectivity index (χ0n) is 10.2. The second kappa shape index (κ2) is 5.31. The number of thioether (sulfide) groups is 1. The number of aromatic amines is 1. The lowest BCUT2D eigenvalue weighted by molar-refractivity contribution is 0.0697. The first-order valence-electron chi connectivity index (χ1n) is 5.53. The van der Waals surface area contributed by atoms with Crippen molar-refractivity contribution in [2.45, 2.75) is 6.54 Å². The molecule has 1 heterocycles. The molecule has 0 unspecified atom stereocenters. The molecular formula is C12H12N2O4S. The number of carbonyl (C=O) groups is 1. The van der Waals surface area contributed by atoms with Gasteiger partial charge in [0, 0.05) is 12.3 Å². The number of aromatic nitrogens is 2. The summed E-state index contributed by atoms with van der Waals surface area (Å²) in [7, 11) is 0. The summed E-state index contributed by atoms with van der Waals surface area (Å²) < 4.78 is 1.37. The average molecular weight is 280 g/mol. The van der Waals surface area contributed by atoms with Crippen molar-refractivity contribution in [3.8, 4) is 0 Å². The minimum atomic E-state index is -1.08. The summed E-state index contributed by atoms with van der Waals surface area (Å²) in [6.45, 7) is 0.410. The molecule has 1 aromatic heterocycles. The number of carboxylic acids is 1. The van der Waals surface area contributed by atoms with Crippen LogP contribution in [0.25, 0.3) is 11.0 Å². The number of fused-ring (bicyclic) bond motifs is 1. The number of aryl methyl sites for hydroxylation is 1. The van der Waals surface area contributed by atoms with E-state index in [2.05, 4.69) is 4.98 Å². The van der Waals surface area contributed by atoms with Crippen LogP contribution in [0.5, 0.6) is 0 Å². The molecule has 1 aromatic carbocycles. The number of H-pyrrole nitrogens is 1. The number of benzene rings is 1. The zero-order valence-corrected chi connectivity index (χ0v) is 11.0. The van der Waals surface area contributed by atoms with E-state index in [1.807, 2.05) is 6.26 Å². The largest absolute Gasteiger partial charge is 0.478 e. The van der Waals surface area contributed by atoms with Crippen LogP contribution in [-0.4, -0.2) is 32.6 Å². The highest BCUT2D eigenvalue weighted by molar-refractivity contribution is 7.98. The van der Waals surface area contributed by atoms with Crippen LogP contribution in [0.4, 0.5) is 0 Å². The number of nitrogens with one attached hydrogen (secondary N) is 1. The molecule has 2 N–H and O–H groups in total. The van der Waals surface area contributed by atoms with Crippen molar-refractivity contribution >= 4 is 28.8 Å². The highest BCUT2D eigenvalue weighted by atomic mass is 32.2. The van der Waals surface area contributed by atoms with Crippen LogP contribution in [-0.2, 0) is 6.54 Å². The lowest BCUT2D eigenvalue weighted by atomic mass is 10.2. The van der Waals surface area contributed by atoms with Gasteiger partial charge in [0.1, 0.15) is 0 Å². The number of carboxylic acid groups (broad SMARTS) is 1. The number of nitrogens with zero attached hydrogens (tertiary/aromatic N) is 1. The quantitative estimate of drug-likeness (QED) is 0.806. The molecule has 2 aromatic rings. The molecule has 100 valence electrons. The van der Waals surface area contributed by atoms with Crippen molar-refractivity contribution in [3.05, 3.63) is 44.5 Å². The maximum absolute atomic E-state index is 11.8. The molecule has 0 fully saturated rings. The van der Waals surface area contributed by atoms with Crippen LogP contribution < -0.4 is 11.1 Å². The molecule has 0 saturated heterocycles. The van der Waals surface area contributed by atoms with E-state index in [0.717, 1.165) is 0 Å². The van der Waals surface area contributed by atoms with E-state index < -0.39 is 17.1 Å². The van der Waals surface area contributed by atoms with Gasteiger partial charge in [-0.2, -0.15) is 11.8 Å². The molecule has 0 aliphatic carbocycles. The van der Waals surface area contributed by atoms with Gasteiger partial charge in [-0.05, 0) is 24.5 Å². The maximum atomic E-state index is 11.8. The predicted molar refractivity (Wildman–Crippen MR) is 74.2 cm³/mol. The van der Waals surface area contributed by atoms with Crippen molar-refractivity contribution in [1.29, 1.82) is 0 Å². The minimum Gasteiger partial charge on any atom is -0.478 e. The topological polar surface area (TPSA) is 92.2 Å². The fraction of sp³-hybridized carbons (Fsp3) is 0.250. The van der Waals surface area contributed by atoms with E-state index in [1.165, 1.54) is 22.8 Å². The Balaban J connectivity index is 2.72. The first-order chi connectivity index (χ1) is 9.04. The monoisotopic (exact) mass is 280 g/mol. The maximum Gasteiger partial charge on any atom is 0.335 e. The SMILES string of the molecule is CSCCn1c(=O)c(=O)[nH]c2cc(C(=O)O)ccc21. The minimum absolute atomic E-state index is 0.0678. The fourth-order valence-electron chi connectivity index (χ4n) is 1.82. The first-order valence-corrected chi connectivity index (χ1v) is 6.93. The summed E-state index contributed by atoms with van der Waals surface area (Å²) in [4.78, 5) is 36.7. The van der Waals surface area contributed by atoms with E-state index in [0.29, 0.717) is 23.3 Å². The third-order valence-electron chi connectivity index (χ3n) is 2.74. The number of hydrogen-bond acceptors (Lipinski definition) is 4. The van der Waals surface area contributed by atoms with Crippen molar-refractivity contribution in [2.75, 3.05) is 12.0 Å². The van der Waals surface area contributed by atoms with E-state index in [-0.39, 0.29) is 5.56 Å². The van der Waals surface area contributed by atoms with Crippen LogP contribution in [0.1, 0.15) is 10.4 Å². The van der Waals surface area contributed by atoms with Crippen LogP contribution in [0.15, 0.2) is 27.8 Å². The molecule has 0 bridgehead atoms. The van der Waals surface area contributed by atoms with Gasteiger partial charge in [0.05, 0.1) is 16.6 Å². The highest BCUT2D eigenvalue weighted by Crippen LogP contribution is 2.12. The van der Waals surface area contributed by atoms with Crippen LogP contribution in [0, 0.1) is 0 Å². The van der Waals surface area contributed by atoms with Crippen LogP contribution in [0.3, 0.4) is 0 Å². The van der Waals surface area contributed by atoms with Gasteiger partial charge in [-0.15, -0.1) is 0 Å². The molecule has 0 aliphatic heterocycles. The first kappa shape index (κ1) is 13.4. The Kier molecular flexibility index (Phi) is 3.75. The van der Waals surface area contributed by atoms with Crippen molar-refractivity contribution in [3.63, 3.8) is 0 Å². The van der Waals surface area contributed by atoms with E-state index in [1.54, 1.807) is 11.8 Å². The van der Waals surface area contributed by atoms with Gasteiger partial charge in [-0.3, -0.25) is 9.59 Å². The van der Waals surface area contributed by atoms with Crippen LogP contribution >= 0.6 is 11.8 Å². The molecule has 0 spiro atoms. The third kappa shape index (κ3) is 2.55. The second-order valence-electron chi connectivity index (χ2n) is 3.94. The smallest absolute Gasteiger partial charge is 0.335 e. The lowest BCUT2D eigenvalue weighted by Crippen LogP contribution is -2.36. The van der Waals surface area contributed by atoms with E-state index in [9.17, 15) is 14.4 Å². The molecule has 0 atom stereocenters. The summed E-state index contributed by atoms with van der Waals surface area (Å²) in [5.74, 6) is -0.385. The Morgan fingerprint density at radius 1 is 1.42 bits per heavy atom. The Morgan fingerprint density at radius 3 is 2.79 bits per heavy atom. The molecule has 7 heteroatoms. The zero-order chi connectivity index (χ0) is 14.0. The standard InChI is InChI=1S/C12H12N2O4S/c1-19-5-4-14-9-3-2-7(12(17)18)6-8(9)13-10(15)11(14)16/h2-3,6H,4-5H2,1H3,(H,13,15)(H,17,18). The third-order valence-corrected chi connectivity index (χ3v) is 3.33. The van der Waals surface area contributed by atoms with E-state index in [4.69, 9.17) is 5.11 Å². The molecule has 2 rings (SSSR count). The van der Waals surface area contributed by atoms with Gasteiger partial charge >= 0.3 is 17.1 Å². The van der Waals surface area contributed by atoms with Gasteiger partial charge in [0.15, 0.2) is 0 Å². The molecular weight excluding hydrogens is 268 g/mol. The molecule has 19 heavy (non-hydrogen) atoms. The van der Waals surface area contributed by atoms with Gasteiger partial charge in [-0.1, -0.05) is 0 Å². The number of rotatable bonds is 4. The molecule has 0 radical (unpaired) electrons. The van der Waals surface area contributed by atoms with Gasteiger partial charge in [0.2, 0.25) is 0 Å². The Labute approximate surface area is 112 Å². The van der Waals surface area contributed by atoms with Crippen molar-refractivity contribution in [1.82, 2.24) is 9.55 Å². The number of hydrogen-bond donors (Lipinski definition) is 2. The summed E-state index contributed by atoms with van der Waals surface area (Å²) in [6, 6.07) is 4.31. The lowest BCUT2D eigenvalue weighted by Gasteiger charge is -2.09.